The zero-order valence-corrected chi connectivity index (χ0v) is 14.8. The Balaban J connectivity index is 2.77. The minimum atomic E-state index is 0.242. The summed E-state index contributed by atoms with van der Waals surface area (Å²) in [5.41, 5.74) is 1.10. The molecule has 1 rings (SSSR count). The van der Waals surface area contributed by atoms with E-state index < -0.39 is 0 Å². The molecule has 1 heterocycles. The topological polar surface area (TPSA) is 33.1 Å². The molecule has 6 heteroatoms. The first kappa shape index (κ1) is 17.8. The molecular formula is C14H27ClN4S. The molecule has 0 aliphatic rings. The van der Waals surface area contributed by atoms with Crippen LogP contribution in [0, 0.1) is 0 Å². The highest BCUT2D eigenvalue weighted by Gasteiger charge is 2.19. The Hall–Kier alpha value is -0.230. The van der Waals surface area contributed by atoms with E-state index in [2.05, 4.69) is 43.3 Å². The molecule has 0 aliphatic heterocycles. The number of hydrogen-bond donors (Lipinski definition) is 1. The third-order valence-electron chi connectivity index (χ3n) is 3.39. The van der Waals surface area contributed by atoms with Crippen LogP contribution in [-0.4, -0.2) is 53.4 Å². The summed E-state index contributed by atoms with van der Waals surface area (Å²) in [4.78, 5) is 2.15. The molecule has 116 valence electrons. The Morgan fingerprint density at radius 2 is 2.20 bits per heavy atom. The van der Waals surface area contributed by atoms with Crippen molar-refractivity contribution in [2.45, 2.75) is 38.1 Å². The molecule has 0 radical (unpaired) electrons. The Morgan fingerprint density at radius 3 is 2.75 bits per heavy atom. The van der Waals surface area contributed by atoms with Crippen LogP contribution in [0.3, 0.4) is 0 Å². The predicted molar refractivity (Wildman–Crippen MR) is 89.8 cm³/mol. The minimum Gasteiger partial charge on any atom is -0.311 e. The molecule has 0 fully saturated rings. The molecule has 0 saturated carbocycles. The maximum absolute atomic E-state index is 6.34. The highest BCUT2D eigenvalue weighted by molar-refractivity contribution is 7.99. The summed E-state index contributed by atoms with van der Waals surface area (Å²) in [5, 5.41) is 9.21. The molecule has 1 aromatic heterocycles. The van der Waals surface area contributed by atoms with Gasteiger partial charge in [0.05, 0.1) is 29.5 Å². The monoisotopic (exact) mass is 318 g/mol. The third kappa shape index (κ3) is 5.28. The van der Waals surface area contributed by atoms with Crippen molar-refractivity contribution < 1.29 is 0 Å². The Morgan fingerprint density at radius 1 is 1.50 bits per heavy atom. The van der Waals surface area contributed by atoms with Gasteiger partial charge < -0.3 is 10.2 Å². The molecule has 4 nitrogen and oxygen atoms in total. The van der Waals surface area contributed by atoms with Gasteiger partial charge in [0, 0.05) is 17.5 Å². The minimum absolute atomic E-state index is 0.242. The maximum atomic E-state index is 6.34. The molecule has 0 spiro atoms. The Kier molecular flexibility index (Phi) is 7.95. The van der Waals surface area contributed by atoms with Gasteiger partial charge in [-0.15, -0.1) is 0 Å². The van der Waals surface area contributed by atoms with E-state index in [0.717, 1.165) is 29.6 Å². The molecule has 1 N–H and O–H groups in total. The lowest BCUT2D eigenvalue weighted by Crippen LogP contribution is -2.26. The summed E-state index contributed by atoms with van der Waals surface area (Å²) in [6.45, 7) is 6.31. The lowest BCUT2D eigenvalue weighted by atomic mass is 10.2. The second-order valence-corrected chi connectivity index (χ2v) is 7.18. The van der Waals surface area contributed by atoms with Gasteiger partial charge in [-0.1, -0.05) is 25.4 Å². The van der Waals surface area contributed by atoms with Gasteiger partial charge in [0.15, 0.2) is 0 Å². The van der Waals surface area contributed by atoms with Crippen LogP contribution in [0.15, 0.2) is 6.20 Å². The summed E-state index contributed by atoms with van der Waals surface area (Å²) < 4.78 is 2.03. The SMILES string of the molecule is CCC(C)SCC(NC)c1c(Cl)cnn1CCN(C)C. The van der Waals surface area contributed by atoms with Crippen molar-refractivity contribution >= 4 is 23.4 Å². The zero-order chi connectivity index (χ0) is 15.1. The van der Waals surface area contributed by atoms with Crippen LogP contribution in [0.25, 0.3) is 0 Å². The first-order valence-corrected chi connectivity index (χ1v) is 8.57. The summed E-state index contributed by atoms with van der Waals surface area (Å²) in [7, 11) is 6.12. The van der Waals surface area contributed by atoms with Crippen LogP contribution in [0.5, 0.6) is 0 Å². The van der Waals surface area contributed by atoms with Crippen molar-refractivity contribution in [3.05, 3.63) is 16.9 Å². The molecule has 0 bridgehead atoms. The van der Waals surface area contributed by atoms with Gasteiger partial charge >= 0.3 is 0 Å². The number of hydrogen-bond acceptors (Lipinski definition) is 4. The molecular weight excluding hydrogens is 292 g/mol. The maximum Gasteiger partial charge on any atom is 0.0834 e. The lowest BCUT2D eigenvalue weighted by molar-refractivity contribution is 0.365. The van der Waals surface area contributed by atoms with Crippen LogP contribution < -0.4 is 5.32 Å². The van der Waals surface area contributed by atoms with E-state index in [1.165, 1.54) is 6.42 Å². The van der Waals surface area contributed by atoms with Gasteiger partial charge in [0.25, 0.3) is 0 Å². The summed E-state index contributed by atoms with van der Waals surface area (Å²) in [6, 6.07) is 0.242. The first-order valence-electron chi connectivity index (χ1n) is 7.14. The van der Waals surface area contributed by atoms with Crippen molar-refractivity contribution in [2.24, 2.45) is 0 Å². The van der Waals surface area contributed by atoms with Crippen molar-refractivity contribution in [1.29, 1.82) is 0 Å². The van der Waals surface area contributed by atoms with E-state index >= 15 is 0 Å². The Bertz CT molecular complexity index is 395. The van der Waals surface area contributed by atoms with Crippen LogP contribution >= 0.6 is 23.4 Å². The highest BCUT2D eigenvalue weighted by Crippen LogP contribution is 2.27. The fraction of sp³-hybridized carbons (Fsp3) is 0.786. The number of halogens is 1. The number of thioether (sulfide) groups is 1. The normalized spacial score (nSPS) is 14.8. The first-order chi connectivity index (χ1) is 9.49. The number of aromatic nitrogens is 2. The quantitative estimate of drug-likeness (QED) is 0.759. The van der Waals surface area contributed by atoms with Gasteiger partial charge in [0.2, 0.25) is 0 Å². The van der Waals surface area contributed by atoms with Crippen LogP contribution in [0.1, 0.15) is 32.0 Å². The number of rotatable bonds is 9. The third-order valence-corrected chi connectivity index (χ3v) is 5.11. The largest absolute Gasteiger partial charge is 0.311 e. The summed E-state index contributed by atoms with van der Waals surface area (Å²) in [6.07, 6.45) is 2.94. The van der Waals surface area contributed by atoms with Crippen molar-refractivity contribution in [3.8, 4) is 0 Å². The van der Waals surface area contributed by atoms with Gasteiger partial charge in [-0.05, 0) is 27.6 Å². The van der Waals surface area contributed by atoms with Crippen LogP contribution in [0.4, 0.5) is 0 Å². The van der Waals surface area contributed by atoms with Gasteiger partial charge in [-0.3, -0.25) is 4.68 Å². The van der Waals surface area contributed by atoms with Crippen molar-refractivity contribution in [3.63, 3.8) is 0 Å². The second-order valence-electron chi connectivity index (χ2n) is 5.30. The van der Waals surface area contributed by atoms with Gasteiger partial charge in [-0.2, -0.15) is 16.9 Å². The molecule has 20 heavy (non-hydrogen) atoms. The molecule has 0 amide bonds. The molecule has 2 atom stereocenters. The number of likely N-dealkylation sites (N-methyl/N-ethyl adjacent to an activating group) is 1. The fourth-order valence-corrected chi connectivity index (χ4v) is 3.22. The molecule has 0 aromatic carbocycles. The van der Waals surface area contributed by atoms with Crippen LogP contribution in [-0.2, 0) is 6.54 Å². The van der Waals surface area contributed by atoms with Gasteiger partial charge in [-0.25, -0.2) is 0 Å². The molecule has 1 aromatic rings. The number of nitrogens with zero attached hydrogens (tertiary/aromatic N) is 3. The zero-order valence-electron chi connectivity index (χ0n) is 13.2. The molecule has 0 aliphatic carbocycles. The second kappa shape index (κ2) is 8.93. The molecule has 2 unspecified atom stereocenters. The smallest absolute Gasteiger partial charge is 0.0834 e. The van der Waals surface area contributed by atoms with E-state index in [4.69, 9.17) is 11.6 Å². The van der Waals surface area contributed by atoms with Crippen LogP contribution in [0.2, 0.25) is 5.02 Å². The standard InChI is InChI=1S/C14H27ClN4S/c1-6-11(2)20-10-13(16-3)14-12(15)9-17-19(14)8-7-18(4)5/h9,11,13,16H,6-8,10H2,1-5H3. The average Bonchev–Trinajstić information content (AvgIpc) is 2.78. The van der Waals surface area contributed by atoms with Gasteiger partial charge in [0.1, 0.15) is 0 Å². The van der Waals surface area contributed by atoms with E-state index in [0.29, 0.717) is 5.25 Å². The summed E-state index contributed by atoms with van der Waals surface area (Å²) in [5.74, 6) is 1.01. The van der Waals surface area contributed by atoms with E-state index in [-0.39, 0.29) is 6.04 Å². The highest BCUT2D eigenvalue weighted by atomic mass is 35.5. The number of nitrogens with one attached hydrogen (secondary N) is 1. The van der Waals surface area contributed by atoms with E-state index in [9.17, 15) is 0 Å². The lowest BCUT2D eigenvalue weighted by Gasteiger charge is -2.21. The van der Waals surface area contributed by atoms with Crippen molar-refractivity contribution in [1.82, 2.24) is 20.0 Å². The molecule has 0 saturated heterocycles. The predicted octanol–water partition coefficient (Wildman–Crippen LogP) is 2.89. The Labute approximate surface area is 132 Å². The fourth-order valence-electron chi connectivity index (χ4n) is 1.87. The van der Waals surface area contributed by atoms with E-state index in [1.54, 1.807) is 6.20 Å². The average molecular weight is 319 g/mol. The van der Waals surface area contributed by atoms with Crippen molar-refractivity contribution in [2.75, 3.05) is 33.4 Å². The summed E-state index contributed by atoms with van der Waals surface area (Å²) >= 11 is 8.31. The van der Waals surface area contributed by atoms with E-state index in [1.807, 2.05) is 23.5 Å².